The van der Waals surface area contributed by atoms with Gasteiger partial charge in [-0.05, 0) is 6.92 Å². The van der Waals surface area contributed by atoms with Crippen LogP contribution in [0, 0.1) is 0 Å². The zero-order valence-corrected chi connectivity index (χ0v) is 12.9. The number of rotatable bonds is 4. The lowest BCUT2D eigenvalue weighted by Gasteiger charge is -2.25. The second kappa shape index (κ2) is 5.73. The standard InChI is InChI=1S/C10H15N3O6S2/c1-2-19-10(14)8-7-11-12-9(8)21(17,18)13-3-5-20(15,16)6-4-13/h7H,2-6H2,1H3,(H,11,12). The summed E-state index contributed by atoms with van der Waals surface area (Å²) < 4.78 is 53.4. The van der Waals surface area contributed by atoms with E-state index in [1.807, 2.05) is 0 Å². The van der Waals surface area contributed by atoms with Crippen molar-refractivity contribution in [1.82, 2.24) is 14.5 Å². The van der Waals surface area contributed by atoms with E-state index >= 15 is 0 Å². The Kier molecular flexibility index (Phi) is 4.35. The average Bonchev–Trinajstić information content (AvgIpc) is 2.88. The highest BCUT2D eigenvalue weighted by molar-refractivity contribution is 7.92. The second-order valence-corrected chi connectivity index (χ2v) is 8.57. The Morgan fingerprint density at radius 1 is 1.43 bits per heavy atom. The zero-order valence-electron chi connectivity index (χ0n) is 11.3. The van der Waals surface area contributed by atoms with Gasteiger partial charge in [-0.15, -0.1) is 0 Å². The largest absolute Gasteiger partial charge is 0.462 e. The SMILES string of the molecule is CCOC(=O)c1cn[nH]c1S(=O)(=O)N1CCS(=O)(=O)CC1. The molecule has 1 aromatic heterocycles. The fourth-order valence-corrected chi connectivity index (χ4v) is 4.83. The summed E-state index contributed by atoms with van der Waals surface area (Å²) in [4.78, 5) is 11.7. The number of sulfone groups is 1. The van der Waals surface area contributed by atoms with Crippen molar-refractivity contribution in [2.45, 2.75) is 11.9 Å². The fraction of sp³-hybridized carbons (Fsp3) is 0.600. The van der Waals surface area contributed by atoms with E-state index in [9.17, 15) is 21.6 Å². The van der Waals surface area contributed by atoms with E-state index in [0.717, 1.165) is 10.5 Å². The molecule has 1 fully saturated rings. The summed E-state index contributed by atoms with van der Waals surface area (Å²) in [7, 11) is -7.22. The van der Waals surface area contributed by atoms with E-state index in [-0.39, 0.29) is 41.8 Å². The van der Waals surface area contributed by atoms with Crippen LogP contribution in [-0.4, -0.2) is 68.5 Å². The maximum absolute atomic E-state index is 12.4. The predicted octanol–water partition coefficient (Wildman–Crippen LogP) is -0.994. The van der Waals surface area contributed by atoms with Gasteiger partial charge in [-0.1, -0.05) is 0 Å². The maximum Gasteiger partial charge on any atom is 0.342 e. The first-order valence-corrected chi connectivity index (χ1v) is 9.45. The van der Waals surface area contributed by atoms with Gasteiger partial charge in [0.05, 0.1) is 24.3 Å². The summed E-state index contributed by atoms with van der Waals surface area (Å²) in [5.41, 5.74) is -0.190. The number of nitrogens with zero attached hydrogens (tertiary/aromatic N) is 2. The molecule has 21 heavy (non-hydrogen) atoms. The van der Waals surface area contributed by atoms with Crippen LogP contribution in [0.3, 0.4) is 0 Å². The first kappa shape index (κ1) is 15.9. The summed E-state index contributed by atoms with van der Waals surface area (Å²) >= 11 is 0. The number of hydrogen-bond acceptors (Lipinski definition) is 7. The Hall–Kier alpha value is -1.46. The molecule has 0 spiro atoms. The molecule has 1 aromatic rings. The average molecular weight is 337 g/mol. The van der Waals surface area contributed by atoms with Gasteiger partial charge in [-0.2, -0.15) is 9.40 Å². The van der Waals surface area contributed by atoms with Crippen molar-refractivity contribution < 1.29 is 26.4 Å². The smallest absolute Gasteiger partial charge is 0.342 e. The van der Waals surface area contributed by atoms with Crippen LogP contribution in [0.5, 0.6) is 0 Å². The molecule has 1 aliphatic rings. The number of sulfonamides is 1. The Morgan fingerprint density at radius 3 is 2.62 bits per heavy atom. The van der Waals surface area contributed by atoms with E-state index in [0.29, 0.717) is 0 Å². The van der Waals surface area contributed by atoms with Gasteiger partial charge >= 0.3 is 5.97 Å². The summed E-state index contributed by atoms with van der Waals surface area (Å²) in [6, 6.07) is 0. The molecule has 118 valence electrons. The van der Waals surface area contributed by atoms with E-state index < -0.39 is 25.8 Å². The molecule has 0 bridgehead atoms. The minimum absolute atomic E-state index is 0.103. The van der Waals surface area contributed by atoms with Crippen molar-refractivity contribution in [3.8, 4) is 0 Å². The van der Waals surface area contributed by atoms with E-state index in [2.05, 4.69) is 10.2 Å². The molecule has 0 unspecified atom stereocenters. The zero-order chi connectivity index (χ0) is 15.7. The van der Waals surface area contributed by atoms with Crippen molar-refractivity contribution in [1.29, 1.82) is 0 Å². The molecule has 2 heterocycles. The Balaban J connectivity index is 2.29. The Labute approximate surface area is 122 Å². The van der Waals surface area contributed by atoms with Gasteiger partial charge in [0.1, 0.15) is 5.56 Å². The van der Waals surface area contributed by atoms with Gasteiger partial charge in [0.2, 0.25) is 0 Å². The van der Waals surface area contributed by atoms with Crippen molar-refractivity contribution in [2.24, 2.45) is 0 Å². The van der Waals surface area contributed by atoms with Crippen LogP contribution < -0.4 is 0 Å². The quantitative estimate of drug-likeness (QED) is 0.699. The lowest BCUT2D eigenvalue weighted by molar-refractivity contribution is 0.0521. The van der Waals surface area contributed by atoms with E-state index in [1.165, 1.54) is 0 Å². The number of esters is 1. The van der Waals surface area contributed by atoms with Crippen molar-refractivity contribution >= 4 is 25.8 Å². The summed E-state index contributed by atoms with van der Waals surface area (Å²) in [5.74, 6) is -1.28. The van der Waals surface area contributed by atoms with Crippen molar-refractivity contribution in [2.75, 3.05) is 31.2 Å². The number of hydrogen-bond donors (Lipinski definition) is 1. The molecular formula is C10H15N3O6S2. The molecule has 0 radical (unpaired) electrons. The molecular weight excluding hydrogens is 322 g/mol. The number of carbonyl (C=O) groups is 1. The van der Waals surface area contributed by atoms with Gasteiger partial charge < -0.3 is 4.74 Å². The Bertz CT molecular complexity index is 723. The monoisotopic (exact) mass is 337 g/mol. The molecule has 9 nitrogen and oxygen atoms in total. The summed E-state index contributed by atoms with van der Waals surface area (Å²) in [5, 5.41) is 5.46. The number of carbonyl (C=O) groups excluding carboxylic acids is 1. The molecule has 1 saturated heterocycles. The van der Waals surface area contributed by atoms with Crippen molar-refractivity contribution in [3.63, 3.8) is 0 Å². The molecule has 0 aliphatic carbocycles. The number of nitrogens with one attached hydrogen (secondary N) is 1. The lowest BCUT2D eigenvalue weighted by atomic mass is 10.4. The number of aromatic amines is 1. The highest BCUT2D eigenvalue weighted by Gasteiger charge is 2.35. The van der Waals surface area contributed by atoms with Crippen LogP contribution in [0.25, 0.3) is 0 Å². The second-order valence-electron chi connectivity index (χ2n) is 4.39. The van der Waals surface area contributed by atoms with Gasteiger partial charge in [0.25, 0.3) is 10.0 Å². The van der Waals surface area contributed by atoms with E-state index in [4.69, 9.17) is 4.74 Å². The third-order valence-electron chi connectivity index (χ3n) is 3.00. The number of H-pyrrole nitrogens is 1. The van der Waals surface area contributed by atoms with Crippen LogP contribution in [0.4, 0.5) is 0 Å². The predicted molar refractivity (Wildman–Crippen MR) is 72.0 cm³/mol. The topological polar surface area (TPSA) is 126 Å². The minimum atomic E-state index is -4.01. The number of aromatic nitrogens is 2. The van der Waals surface area contributed by atoms with Gasteiger partial charge in [0, 0.05) is 13.1 Å². The normalized spacial score (nSPS) is 19.3. The maximum atomic E-state index is 12.4. The molecule has 0 aromatic carbocycles. The van der Waals surface area contributed by atoms with Crippen LogP contribution in [0.15, 0.2) is 11.2 Å². The highest BCUT2D eigenvalue weighted by atomic mass is 32.2. The van der Waals surface area contributed by atoms with Crippen molar-refractivity contribution in [3.05, 3.63) is 11.8 Å². The van der Waals surface area contributed by atoms with E-state index in [1.54, 1.807) is 6.92 Å². The molecule has 0 atom stereocenters. The van der Waals surface area contributed by atoms with Crippen LogP contribution in [-0.2, 0) is 24.6 Å². The van der Waals surface area contributed by atoms with Crippen LogP contribution in [0.2, 0.25) is 0 Å². The molecule has 0 amide bonds. The molecule has 0 saturated carbocycles. The van der Waals surface area contributed by atoms with Gasteiger partial charge in [-0.25, -0.2) is 21.6 Å². The van der Waals surface area contributed by atoms with Gasteiger partial charge in [-0.3, -0.25) is 5.10 Å². The molecule has 1 N–H and O–H groups in total. The fourth-order valence-electron chi connectivity index (χ4n) is 1.89. The molecule has 2 rings (SSSR count). The number of ether oxygens (including phenoxy) is 1. The highest BCUT2D eigenvalue weighted by Crippen LogP contribution is 2.20. The van der Waals surface area contributed by atoms with Crippen LogP contribution >= 0.6 is 0 Å². The van der Waals surface area contributed by atoms with Crippen LogP contribution in [0.1, 0.15) is 17.3 Å². The molecule has 1 aliphatic heterocycles. The first-order valence-electron chi connectivity index (χ1n) is 6.19. The third-order valence-corrected chi connectivity index (χ3v) is 6.48. The third kappa shape index (κ3) is 3.24. The molecule has 11 heteroatoms. The first-order chi connectivity index (χ1) is 9.78. The Morgan fingerprint density at radius 2 is 2.05 bits per heavy atom. The summed E-state index contributed by atoms with van der Waals surface area (Å²) in [6.07, 6.45) is 1.07. The lowest BCUT2D eigenvalue weighted by Crippen LogP contribution is -2.44. The minimum Gasteiger partial charge on any atom is -0.462 e. The summed E-state index contributed by atoms with van der Waals surface area (Å²) in [6.45, 7) is 1.41. The van der Waals surface area contributed by atoms with Gasteiger partial charge in [0.15, 0.2) is 14.9 Å².